The Labute approximate surface area is 199 Å². The summed E-state index contributed by atoms with van der Waals surface area (Å²) < 4.78 is 0. The van der Waals surface area contributed by atoms with Gasteiger partial charge in [0.1, 0.15) is 0 Å². The van der Waals surface area contributed by atoms with Crippen molar-refractivity contribution in [3.63, 3.8) is 0 Å². The minimum absolute atomic E-state index is 0.0863. The molecule has 2 heterocycles. The van der Waals surface area contributed by atoms with Gasteiger partial charge in [-0.2, -0.15) is 0 Å². The number of carbonyl (C=O) groups is 2. The number of nitrogens with zero attached hydrogens (tertiary/aromatic N) is 1. The summed E-state index contributed by atoms with van der Waals surface area (Å²) in [6, 6.07) is 22.7. The third-order valence-electron chi connectivity index (χ3n) is 7.30. The van der Waals surface area contributed by atoms with Gasteiger partial charge in [-0.3, -0.25) is 9.59 Å². The fourth-order valence-corrected chi connectivity index (χ4v) is 5.76. The van der Waals surface area contributed by atoms with Crippen molar-refractivity contribution < 1.29 is 9.59 Å². The van der Waals surface area contributed by atoms with E-state index < -0.39 is 0 Å². The normalized spacial score (nSPS) is 22.6. The molecule has 0 spiro atoms. The lowest BCUT2D eigenvalue weighted by Gasteiger charge is -2.30. The van der Waals surface area contributed by atoms with Crippen LogP contribution in [0.15, 0.2) is 66.7 Å². The number of hydrogen-bond acceptors (Lipinski definition) is 2. The zero-order valence-electron chi connectivity index (χ0n) is 18.7. The van der Waals surface area contributed by atoms with Crippen LogP contribution in [0.25, 0.3) is 10.8 Å². The van der Waals surface area contributed by atoms with Crippen LogP contribution in [0.1, 0.15) is 49.1 Å². The van der Waals surface area contributed by atoms with Gasteiger partial charge >= 0.3 is 0 Å². The van der Waals surface area contributed by atoms with Crippen LogP contribution in [-0.4, -0.2) is 35.3 Å². The van der Waals surface area contributed by atoms with Gasteiger partial charge in [-0.25, -0.2) is 0 Å². The fourth-order valence-electron chi connectivity index (χ4n) is 5.47. The van der Waals surface area contributed by atoms with E-state index in [1.165, 1.54) is 16.3 Å². The predicted molar refractivity (Wildman–Crippen MR) is 132 cm³/mol. The second-order valence-corrected chi connectivity index (χ2v) is 9.94. The quantitative estimate of drug-likeness (QED) is 0.529. The maximum Gasteiger partial charge on any atom is 0.222 e. The van der Waals surface area contributed by atoms with Crippen LogP contribution in [-0.2, 0) is 16.0 Å². The molecule has 2 amide bonds. The van der Waals surface area contributed by atoms with E-state index >= 15 is 0 Å². The van der Waals surface area contributed by atoms with Crippen molar-refractivity contribution in [2.24, 2.45) is 0 Å². The molecule has 2 fully saturated rings. The van der Waals surface area contributed by atoms with Crippen LogP contribution in [0.5, 0.6) is 0 Å². The highest BCUT2D eigenvalue weighted by atomic mass is 35.5. The summed E-state index contributed by atoms with van der Waals surface area (Å²) in [6.45, 7) is 1.48. The summed E-state index contributed by atoms with van der Waals surface area (Å²) in [5.41, 5.74) is 1.98. The van der Waals surface area contributed by atoms with E-state index in [2.05, 4.69) is 41.7 Å². The van der Waals surface area contributed by atoms with Crippen molar-refractivity contribution in [1.82, 2.24) is 10.2 Å². The summed E-state index contributed by atoms with van der Waals surface area (Å²) in [7, 11) is 0. The third kappa shape index (κ3) is 4.77. The Balaban J connectivity index is 1.25. The van der Waals surface area contributed by atoms with E-state index in [-0.39, 0.29) is 17.4 Å². The predicted octanol–water partition coefficient (Wildman–Crippen LogP) is 5.48. The van der Waals surface area contributed by atoms with E-state index in [1.807, 2.05) is 35.2 Å². The van der Waals surface area contributed by atoms with Crippen molar-refractivity contribution in [2.45, 2.75) is 50.0 Å². The Morgan fingerprint density at radius 2 is 1.85 bits per heavy atom. The number of likely N-dealkylation sites (tertiary alicyclic amines) is 1. The number of halogens is 1. The van der Waals surface area contributed by atoms with Crippen molar-refractivity contribution in [2.75, 3.05) is 13.1 Å². The summed E-state index contributed by atoms with van der Waals surface area (Å²) in [5.74, 6) is 0.548. The number of nitrogens with one attached hydrogen (secondary N) is 1. The molecular formula is C28H29ClN2O2. The van der Waals surface area contributed by atoms with Crippen LogP contribution in [0.2, 0.25) is 5.02 Å². The molecule has 0 saturated carbocycles. The lowest BCUT2D eigenvalue weighted by atomic mass is 9.84. The molecule has 33 heavy (non-hydrogen) atoms. The minimum atomic E-state index is -0.350. The highest BCUT2D eigenvalue weighted by molar-refractivity contribution is 6.31. The van der Waals surface area contributed by atoms with Gasteiger partial charge in [0.2, 0.25) is 11.8 Å². The highest BCUT2D eigenvalue weighted by Crippen LogP contribution is 2.34. The topological polar surface area (TPSA) is 49.4 Å². The number of amides is 2. The van der Waals surface area contributed by atoms with Gasteiger partial charge in [-0.15, -0.1) is 0 Å². The first-order valence-corrected chi connectivity index (χ1v) is 12.2. The van der Waals surface area contributed by atoms with E-state index in [0.717, 1.165) is 36.4 Å². The number of carbonyl (C=O) groups excluding carboxylic acids is 2. The Kier molecular flexibility index (Phi) is 6.11. The second-order valence-electron chi connectivity index (χ2n) is 9.53. The monoisotopic (exact) mass is 460 g/mol. The largest absolute Gasteiger partial charge is 0.350 e. The maximum absolute atomic E-state index is 13.1. The van der Waals surface area contributed by atoms with E-state index in [4.69, 9.17) is 11.6 Å². The summed E-state index contributed by atoms with van der Waals surface area (Å²) in [5, 5.41) is 6.42. The molecule has 1 N–H and O–H groups in total. The van der Waals surface area contributed by atoms with Crippen LogP contribution >= 0.6 is 11.6 Å². The summed E-state index contributed by atoms with van der Waals surface area (Å²) >= 11 is 6.38. The fraction of sp³-hybridized carbons (Fsp3) is 0.357. The smallest absolute Gasteiger partial charge is 0.222 e. The van der Waals surface area contributed by atoms with Crippen molar-refractivity contribution in [1.29, 1.82) is 0 Å². The third-order valence-corrected chi connectivity index (χ3v) is 7.64. The van der Waals surface area contributed by atoms with Crippen molar-refractivity contribution in [3.05, 3.63) is 82.9 Å². The lowest BCUT2D eigenvalue weighted by molar-refractivity contribution is -0.131. The molecule has 5 rings (SSSR count). The molecule has 3 aromatic carbocycles. The molecule has 5 heteroatoms. The van der Waals surface area contributed by atoms with Gasteiger partial charge < -0.3 is 10.2 Å². The molecule has 0 aliphatic carbocycles. The van der Waals surface area contributed by atoms with Crippen LogP contribution in [0.3, 0.4) is 0 Å². The average molecular weight is 461 g/mol. The van der Waals surface area contributed by atoms with Crippen LogP contribution in [0.4, 0.5) is 0 Å². The zero-order valence-corrected chi connectivity index (χ0v) is 19.5. The molecular weight excluding hydrogens is 432 g/mol. The Morgan fingerprint density at radius 1 is 1.06 bits per heavy atom. The molecule has 2 aliphatic heterocycles. The first-order valence-electron chi connectivity index (χ1n) is 11.8. The molecule has 3 aromatic rings. The summed E-state index contributed by atoms with van der Waals surface area (Å²) in [6.07, 6.45) is 4.10. The van der Waals surface area contributed by atoms with Gasteiger partial charge in [0, 0.05) is 42.4 Å². The van der Waals surface area contributed by atoms with Gasteiger partial charge in [0.15, 0.2) is 0 Å². The highest BCUT2D eigenvalue weighted by Gasteiger charge is 2.39. The second kappa shape index (κ2) is 9.18. The number of fused-ring (bicyclic) bond motifs is 1. The molecule has 2 unspecified atom stereocenters. The minimum Gasteiger partial charge on any atom is -0.350 e. The maximum atomic E-state index is 13.1. The van der Waals surface area contributed by atoms with Gasteiger partial charge in [-0.1, -0.05) is 72.3 Å². The van der Waals surface area contributed by atoms with Crippen molar-refractivity contribution in [3.8, 4) is 0 Å². The average Bonchev–Trinajstić information content (AvgIpc) is 3.45. The van der Waals surface area contributed by atoms with Crippen molar-refractivity contribution >= 4 is 34.2 Å². The Morgan fingerprint density at radius 3 is 2.64 bits per heavy atom. The Bertz CT molecular complexity index is 1190. The molecule has 0 bridgehead atoms. The Hall–Kier alpha value is -2.85. The molecule has 170 valence electrons. The number of benzene rings is 3. The SMILES string of the molecule is O=C1CCC(CCC(=O)N2CCC(c3ccccc3Cl)C2)(Cc2ccc3ccccc3c2)N1. The van der Waals surface area contributed by atoms with Crippen LogP contribution < -0.4 is 5.32 Å². The van der Waals surface area contributed by atoms with Gasteiger partial charge in [-0.05, 0) is 53.6 Å². The zero-order chi connectivity index (χ0) is 22.8. The summed E-state index contributed by atoms with van der Waals surface area (Å²) in [4.78, 5) is 27.2. The lowest BCUT2D eigenvalue weighted by Crippen LogP contribution is -2.44. The van der Waals surface area contributed by atoms with Gasteiger partial charge in [0.25, 0.3) is 0 Å². The van der Waals surface area contributed by atoms with Crippen LogP contribution in [0, 0.1) is 0 Å². The van der Waals surface area contributed by atoms with E-state index in [1.54, 1.807) is 0 Å². The number of hydrogen-bond donors (Lipinski definition) is 1. The molecule has 2 aliphatic rings. The first kappa shape index (κ1) is 22.0. The van der Waals surface area contributed by atoms with E-state index in [9.17, 15) is 9.59 Å². The molecule has 2 atom stereocenters. The molecule has 4 nitrogen and oxygen atoms in total. The van der Waals surface area contributed by atoms with Gasteiger partial charge in [0.05, 0.1) is 0 Å². The van der Waals surface area contributed by atoms with E-state index in [0.29, 0.717) is 31.7 Å². The molecule has 0 radical (unpaired) electrons. The number of rotatable bonds is 6. The first-order chi connectivity index (χ1) is 16.0. The molecule has 2 saturated heterocycles. The molecule has 0 aromatic heterocycles. The standard InChI is InChI=1S/C28H29ClN2O2/c29-25-8-4-3-7-24(25)23-13-16-31(19-23)27(33)12-15-28(14-11-26(32)30-28)18-20-9-10-21-5-1-2-6-22(21)17-20/h1-10,17,23H,11-16,18-19H2,(H,30,32).